The van der Waals surface area contributed by atoms with E-state index in [1.807, 2.05) is 0 Å². The summed E-state index contributed by atoms with van der Waals surface area (Å²) in [6.07, 6.45) is 0. The normalized spacial score (nSPS) is 1.38. The van der Waals surface area contributed by atoms with E-state index in [1.165, 1.54) is 0 Å². The molecule has 20 N–H and O–H groups in total. The molecule has 0 bridgehead atoms. The van der Waals surface area contributed by atoms with Crippen LogP contribution in [0.25, 0.3) is 0 Å². The molecule has 13 heteroatoms. The summed E-state index contributed by atoms with van der Waals surface area (Å²) < 4.78 is 16.6. The second-order valence-corrected chi connectivity index (χ2v) is 0.204. The van der Waals surface area contributed by atoms with Crippen LogP contribution in [-0.2, 0) is 0 Å². The topological polar surface area (TPSA) is 361 Å². The van der Waals surface area contributed by atoms with Gasteiger partial charge in [0.15, 0.2) is 0 Å². The zero-order valence-corrected chi connectivity index (χ0v) is 7.04. The van der Waals surface area contributed by atoms with Gasteiger partial charge in [0.05, 0.1) is 0 Å². The first kappa shape index (κ1) is 545. The van der Waals surface area contributed by atoms with Crippen LogP contribution in [0.5, 0.6) is 0 Å². The van der Waals surface area contributed by atoms with Crippen molar-refractivity contribution < 1.29 is 75.4 Å². The maximum atomic E-state index is 8.29. The minimum atomic E-state index is -0.750. The van der Waals surface area contributed by atoms with Crippen LogP contribution >= 0.6 is 0 Å². The Labute approximate surface area is 76.6 Å². The molecule has 0 aromatic heterocycles. The fraction of sp³-hybridized carbons (Fsp3) is 0. The van der Waals surface area contributed by atoms with Gasteiger partial charge in [0.1, 0.15) is 0 Å². The summed E-state index contributed by atoms with van der Waals surface area (Å²) in [5, 5.41) is 0. The lowest BCUT2D eigenvalue weighted by Crippen LogP contribution is -2.13. The summed E-state index contributed by atoms with van der Waals surface area (Å²) >= 11 is -0.750. The lowest BCUT2D eigenvalue weighted by atomic mass is 15.9. The molecule has 0 aliphatic heterocycles. The number of hydrogen-bond donors (Lipinski definition) is 0. The molecule has 0 aliphatic carbocycles. The van der Waals surface area contributed by atoms with Crippen LogP contribution < -0.4 is 9.32 Å². The largest absolute Gasteiger partial charge is 0.412 e. The fourth-order valence-electron chi connectivity index (χ4n) is 0. The summed E-state index contributed by atoms with van der Waals surface area (Å²) in [5.74, 6) is 0. The van der Waals surface area contributed by atoms with Gasteiger partial charge in [0, 0.05) is 11.3 Å². The molecule has 0 aromatic carbocycles. The van der Waals surface area contributed by atoms with Crippen LogP contribution in [0.1, 0.15) is 0 Å². The van der Waals surface area contributed by atoms with Gasteiger partial charge < -0.3 is 64.1 Å². The van der Waals surface area contributed by atoms with Crippen LogP contribution in [0.2, 0.25) is 0 Å². The third-order valence-electron chi connectivity index (χ3n) is 0. The molecule has 0 atom stereocenters. The second-order valence-electron chi connectivity index (χ2n) is 0.0680. The molecule has 0 aromatic rings. The maximum absolute atomic E-state index is 8.29. The van der Waals surface area contributed by atoms with Gasteiger partial charge in [-0.25, -0.2) is 0 Å². The van der Waals surface area contributed by atoms with Crippen LogP contribution in [-0.4, -0.2) is 54.8 Å². The fourth-order valence-corrected chi connectivity index (χ4v) is 0. The average molecular weight is 249 g/mol. The van der Waals surface area contributed by atoms with Crippen molar-refractivity contribution >= 4 is 0 Å². The summed E-state index contributed by atoms with van der Waals surface area (Å²) in [6.45, 7) is 0. The molecule has 0 aliphatic rings. The third-order valence-corrected chi connectivity index (χ3v) is 0. The highest BCUT2D eigenvalue weighted by Crippen LogP contribution is 0.940. The molecule has 0 amide bonds. The summed E-state index contributed by atoms with van der Waals surface area (Å²) in [7, 11) is 0. The Hall–Kier alpha value is -0.190. The molecular weight excluding hydrogens is 227 g/mol. The van der Waals surface area contributed by atoms with E-state index in [2.05, 4.69) is 0 Å². The standard InChI is InChI=1S/ClHO2.10H2O/c2-1-3;;;;;;;;;;/h1H;10*1H2. The highest BCUT2D eigenvalue weighted by atomic mass is 35.6. The van der Waals surface area contributed by atoms with Crippen molar-refractivity contribution in [3.05, 3.63) is 0 Å². The Kier molecular flexibility index (Phi) is 88200. The Bertz CT molecular complexity index is 5.09. The van der Waals surface area contributed by atoms with Crippen molar-refractivity contribution in [2.75, 3.05) is 0 Å². The molecule has 0 radical (unpaired) electrons. The quantitative estimate of drug-likeness (QED) is 0.402. The van der Waals surface area contributed by atoms with Crippen LogP contribution in [0.15, 0.2) is 0 Å². The molecular formula is H21ClO12. The van der Waals surface area contributed by atoms with E-state index in [0.717, 1.165) is 0 Å². The van der Waals surface area contributed by atoms with Crippen molar-refractivity contribution in [2.24, 2.45) is 0 Å². The Balaban J connectivity index is -0.000000000444. The minimum Gasteiger partial charge on any atom is -0.412 e. The second kappa shape index (κ2) is 2100. The van der Waals surface area contributed by atoms with E-state index in [0.29, 0.717) is 0 Å². The monoisotopic (exact) mass is 248 g/mol. The number of hydrogen-bond acceptors (Lipinski definition) is 2. The van der Waals surface area contributed by atoms with Crippen LogP contribution in [0.3, 0.4) is 0 Å². The van der Waals surface area contributed by atoms with E-state index in [-0.39, 0.29) is 54.8 Å². The molecule has 12 nitrogen and oxygen atoms in total. The first-order valence-corrected chi connectivity index (χ1v) is 1.00. The molecule has 0 saturated carbocycles. The Morgan fingerprint density at radius 2 is 0.385 bits per heavy atom. The first-order valence-electron chi connectivity index (χ1n) is 0.333. The molecule has 100 valence electrons. The van der Waals surface area contributed by atoms with Gasteiger partial charge in [0.25, 0.3) is 0 Å². The maximum Gasteiger partial charge on any atom is 0.0204 e. The molecule has 0 saturated heterocycles. The zero-order chi connectivity index (χ0) is 2.71. The van der Waals surface area contributed by atoms with Crippen molar-refractivity contribution in [2.45, 2.75) is 0 Å². The van der Waals surface area contributed by atoms with Gasteiger partial charge in [-0.15, -0.1) is 0 Å². The molecule has 13 heavy (non-hydrogen) atoms. The molecule has 0 rings (SSSR count). The van der Waals surface area contributed by atoms with E-state index in [9.17, 15) is 0 Å². The van der Waals surface area contributed by atoms with Gasteiger partial charge in [-0.1, -0.05) is 0 Å². The third kappa shape index (κ3) is 31500. The van der Waals surface area contributed by atoms with Crippen molar-refractivity contribution in [1.82, 2.24) is 0 Å². The van der Waals surface area contributed by atoms with E-state index >= 15 is 0 Å². The van der Waals surface area contributed by atoms with Gasteiger partial charge >= 0.3 is 0 Å². The summed E-state index contributed by atoms with van der Waals surface area (Å²) in [5.41, 5.74) is 0. The van der Waals surface area contributed by atoms with E-state index in [4.69, 9.17) is 9.32 Å². The van der Waals surface area contributed by atoms with Crippen molar-refractivity contribution in [1.29, 1.82) is 0 Å². The van der Waals surface area contributed by atoms with E-state index in [1.54, 1.807) is 0 Å². The van der Waals surface area contributed by atoms with E-state index < -0.39 is 11.3 Å². The highest BCUT2D eigenvalue weighted by molar-refractivity contribution is 1.41. The highest BCUT2D eigenvalue weighted by Gasteiger charge is 1.25. The summed E-state index contributed by atoms with van der Waals surface area (Å²) in [4.78, 5) is 0. The van der Waals surface area contributed by atoms with Crippen LogP contribution in [0.4, 0.5) is 0 Å². The van der Waals surface area contributed by atoms with Crippen molar-refractivity contribution in [3.63, 3.8) is 0 Å². The predicted molar refractivity (Wildman–Crippen MR) is 37.5 cm³/mol. The summed E-state index contributed by atoms with van der Waals surface area (Å²) in [6, 6.07) is 0. The van der Waals surface area contributed by atoms with Gasteiger partial charge in [-0.05, 0) is 0 Å². The number of halogens is 1. The van der Waals surface area contributed by atoms with Gasteiger partial charge in [-0.2, -0.15) is 0 Å². The van der Waals surface area contributed by atoms with Crippen LogP contribution in [0, 0.1) is 11.3 Å². The molecule has 0 fully saturated rings. The van der Waals surface area contributed by atoms with Gasteiger partial charge in [0.2, 0.25) is 0 Å². The smallest absolute Gasteiger partial charge is 0.0204 e. The lowest BCUT2D eigenvalue weighted by molar-refractivity contribution is -1.41. The Morgan fingerprint density at radius 3 is 0.385 bits per heavy atom. The lowest BCUT2D eigenvalue weighted by Gasteiger charge is -1.60. The first-order chi connectivity index (χ1) is 1.41. The van der Waals surface area contributed by atoms with Crippen molar-refractivity contribution in [3.8, 4) is 0 Å². The van der Waals surface area contributed by atoms with Gasteiger partial charge in [-0.3, -0.25) is 0 Å². The SMILES string of the molecule is O.O.O.O.O.O.O.O.O.O.[O-][ClH+2][O-]. The number of rotatable bonds is 0. The zero-order valence-electron chi connectivity index (χ0n) is 6.22. The molecule has 0 spiro atoms. The Morgan fingerprint density at radius 1 is 0.385 bits per heavy atom. The molecule has 0 heterocycles. The predicted octanol–water partition coefficient (Wildman–Crippen LogP) is -10.9. The molecule has 0 unspecified atom stereocenters. The average Bonchev–Trinajstić information content (AvgIpc) is 0.918. The minimum absolute atomic E-state index is 0.